The molecular formula is C13H24F3NOS. The van der Waals surface area contributed by atoms with Gasteiger partial charge in [-0.1, -0.05) is 0 Å². The molecule has 0 spiro atoms. The van der Waals surface area contributed by atoms with E-state index in [1.54, 1.807) is 0 Å². The zero-order valence-corrected chi connectivity index (χ0v) is 12.3. The number of alkyl halides is 3. The maximum atomic E-state index is 12.1. The third kappa shape index (κ3) is 8.76. The molecule has 1 aliphatic rings. The van der Waals surface area contributed by atoms with Gasteiger partial charge >= 0.3 is 6.18 Å². The molecule has 1 saturated carbocycles. The minimum Gasteiger partial charge on any atom is -0.369 e. The van der Waals surface area contributed by atoms with Crippen LogP contribution in [0.4, 0.5) is 13.2 Å². The molecule has 1 rings (SSSR count). The summed E-state index contributed by atoms with van der Waals surface area (Å²) >= 11 is 1.84. The molecule has 0 radical (unpaired) electrons. The number of unbranched alkanes of at least 4 members (excludes halogenated alkanes) is 1. The summed E-state index contributed by atoms with van der Waals surface area (Å²) in [4.78, 5) is 0. The largest absolute Gasteiger partial charge is 0.411 e. The first-order valence-corrected chi connectivity index (χ1v) is 8.31. The van der Waals surface area contributed by atoms with E-state index in [1.807, 2.05) is 11.8 Å². The Bertz CT molecular complexity index is 238. The van der Waals surface area contributed by atoms with Gasteiger partial charge in [0.1, 0.15) is 6.61 Å². The number of halogens is 3. The maximum Gasteiger partial charge on any atom is 0.411 e. The lowest BCUT2D eigenvalue weighted by atomic mass is 9.93. The van der Waals surface area contributed by atoms with E-state index < -0.39 is 12.8 Å². The molecule has 19 heavy (non-hydrogen) atoms. The van der Waals surface area contributed by atoms with Crippen molar-refractivity contribution in [2.45, 2.75) is 56.8 Å². The van der Waals surface area contributed by atoms with E-state index in [1.165, 1.54) is 12.2 Å². The van der Waals surface area contributed by atoms with Crippen molar-refractivity contribution in [2.24, 2.45) is 0 Å². The Morgan fingerprint density at radius 3 is 2.74 bits per heavy atom. The smallest absolute Gasteiger partial charge is 0.369 e. The first-order valence-electron chi connectivity index (χ1n) is 6.92. The Hall–Kier alpha value is 0.0600. The van der Waals surface area contributed by atoms with E-state index in [9.17, 15) is 13.2 Å². The Balaban J connectivity index is 2.12. The molecule has 0 aromatic heterocycles. The fraction of sp³-hybridized carbons (Fsp3) is 1.00. The second-order valence-electron chi connectivity index (χ2n) is 5.07. The van der Waals surface area contributed by atoms with Crippen molar-refractivity contribution in [1.29, 1.82) is 0 Å². The summed E-state index contributed by atoms with van der Waals surface area (Å²) in [6, 6.07) is 0.321. The molecule has 2 atom stereocenters. The van der Waals surface area contributed by atoms with Crippen LogP contribution in [0.15, 0.2) is 0 Å². The normalized spacial score (nSPS) is 24.6. The highest BCUT2D eigenvalue weighted by Gasteiger charge is 2.31. The minimum atomic E-state index is -4.21. The average Bonchev–Trinajstić information content (AvgIpc) is 2.36. The molecule has 114 valence electrons. The number of hydrogen-bond acceptors (Lipinski definition) is 3. The van der Waals surface area contributed by atoms with Gasteiger partial charge in [0.05, 0.1) is 6.10 Å². The van der Waals surface area contributed by atoms with Gasteiger partial charge < -0.3 is 10.1 Å². The van der Waals surface area contributed by atoms with Crippen molar-refractivity contribution in [3.63, 3.8) is 0 Å². The van der Waals surface area contributed by atoms with E-state index in [4.69, 9.17) is 4.74 Å². The van der Waals surface area contributed by atoms with Crippen LogP contribution in [-0.2, 0) is 4.74 Å². The van der Waals surface area contributed by atoms with Crippen LogP contribution in [0.2, 0.25) is 0 Å². The van der Waals surface area contributed by atoms with Gasteiger partial charge in [0, 0.05) is 6.04 Å². The standard InChI is InChI=1S/C13H24F3NOS/c1-19-8-3-2-7-17-11-5-4-6-12(9-11)18-10-13(14,15)16/h11-12,17H,2-10H2,1H3. The molecule has 0 bridgehead atoms. The SMILES string of the molecule is CSCCCCNC1CCCC(OCC(F)(F)F)C1. The van der Waals surface area contributed by atoms with E-state index in [-0.39, 0.29) is 6.10 Å². The summed E-state index contributed by atoms with van der Waals surface area (Å²) in [5.41, 5.74) is 0. The zero-order valence-electron chi connectivity index (χ0n) is 11.5. The average molecular weight is 299 g/mol. The van der Waals surface area contributed by atoms with Gasteiger partial charge in [-0.15, -0.1) is 0 Å². The maximum absolute atomic E-state index is 12.1. The molecule has 1 aliphatic carbocycles. The summed E-state index contributed by atoms with van der Waals surface area (Å²) in [5, 5.41) is 3.44. The predicted molar refractivity (Wildman–Crippen MR) is 73.7 cm³/mol. The number of nitrogens with one attached hydrogen (secondary N) is 1. The lowest BCUT2D eigenvalue weighted by Gasteiger charge is -2.30. The van der Waals surface area contributed by atoms with Crippen LogP contribution in [-0.4, -0.2) is 43.5 Å². The molecule has 0 heterocycles. The van der Waals surface area contributed by atoms with Crippen molar-refractivity contribution in [3.8, 4) is 0 Å². The third-order valence-corrected chi connectivity index (χ3v) is 4.01. The monoisotopic (exact) mass is 299 g/mol. The molecule has 2 unspecified atom stereocenters. The van der Waals surface area contributed by atoms with Crippen LogP contribution in [0.25, 0.3) is 0 Å². The Labute approximate surface area is 117 Å². The first-order chi connectivity index (χ1) is 9.01. The van der Waals surface area contributed by atoms with Crippen LogP contribution >= 0.6 is 11.8 Å². The lowest BCUT2D eigenvalue weighted by Crippen LogP contribution is -2.38. The van der Waals surface area contributed by atoms with Crippen molar-refractivity contribution in [2.75, 3.05) is 25.2 Å². The highest BCUT2D eigenvalue weighted by atomic mass is 32.2. The molecule has 1 N–H and O–H groups in total. The van der Waals surface area contributed by atoms with E-state index in [2.05, 4.69) is 11.6 Å². The molecule has 0 saturated heterocycles. The first kappa shape index (κ1) is 17.1. The second kappa shape index (κ2) is 9.08. The summed E-state index contributed by atoms with van der Waals surface area (Å²) in [6.45, 7) is -0.157. The van der Waals surface area contributed by atoms with Crippen molar-refractivity contribution >= 4 is 11.8 Å². The number of hydrogen-bond donors (Lipinski definition) is 1. The molecule has 6 heteroatoms. The van der Waals surface area contributed by atoms with Gasteiger partial charge in [-0.25, -0.2) is 0 Å². The van der Waals surface area contributed by atoms with Gasteiger partial charge in [-0.3, -0.25) is 0 Å². The second-order valence-corrected chi connectivity index (χ2v) is 6.05. The Morgan fingerprint density at radius 2 is 2.05 bits per heavy atom. The fourth-order valence-electron chi connectivity index (χ4n) is 2.37. The number of ether oxygens (including phenoxy) is 1. The molecule has 0 amide bonds. The lowest BCUT2D eigenvalue weighted by molar-refractivity contribution is -0.188. The van der Waals surface area contributed by atoms with Crippen LogP contribution in [0.1, 0.15) is 38.5 Å². The Morgan fingerprint density at radius 1 is 1.26 bits per heavy atom. The Kier molecular flexibility index (Phi) is 8.18. The van der Waals surface area contributed by atoms with E-state index in [0.717, 1.165) is 32.2 Å². The predicted octanol–water partition coefficient (Wildman–Crippen LogP) is 3.61. The van der Waals surface area contributed by atoms with E-state index in [0.29, 0.717) is 12.5 Å². The van der Waals surface area contributed by atoms with Gasteiger partial charge in [0.25, 0.3) is 0 Å². The van der Waals surface area contributed by atoms with Crippen LogP contribution in [0, 0.1) is 0 Å². The molecular weight excluding hydrogens is 275 g/mol. The molecule has 0 aliphatic heterocycles. The van der Waals surface area contributed by atoms with E-state index >= 15 is 0 Å². The zero-order chi connectivity index (χ0) is 14.1. The quantitative estimate of drug-likeness (QED) is 0.692. The van der Waals surface area contributed by atoms with Crippen LogP contribution in [0.5, 0.6) is 0 Å². The summed E-state index contributed by atoms with van der Waals surface area (Å²) < 4.78 is 41.2. The van der Waals surface area contributed by atoms with Gasteiger partial charge in [-0.2, -0.15) is 24.9 Å². The highest BCUT2D eigenvalue weighted by molar-refractivity contribution is 7.98. The van der Waals surface area contributed by atoms with Crippen LogP contribution < -0.4 is 5.32 Å². The molecule has 0 aromatic carbocycles. The van der Waals surface area contributed by atoms with Gasteiger partial charge in [0.15, 0.2) is 0 Å². The third-order valence-electron chi connectivity index (χ3n) is 3.32. The van der Waals surface area contributed by atoms with Crippen molar-refractivity contribution in [1.82, 2.24) is 5.32 Å². The highest BCUT2D eigenvalue weighted by Crippen LogP contribution is 2.24. The molecule has 2 nitrogen and oxygen atoms in total. The van der Waals surface area contributed by atoms with Crippen LogP contribution in [0.3, 0.4) is 0 Å². The van der Waals surface area contributed by atoms with Gasteiger partial charge in [-0.05, 0) is 57.1 Å². The molecule has 0 aromatic rings. The topological polar surface area (TPSA) is 21.3 Å². The summed E-state index contributed by atoms with van der Waals surface area (Å²) in [7, 11) is 0. The van der Waals surface area contributed by atoms with Crippen molar-refractivity contribution in [3.05, 3.63) is 0 Å². The fourth-order valence-corrected chi connectivity index (χ4v) is 2.86. The summed E-state index contributed by atoms with van der Waals surface area (Å²) in [5.74, 6) is 1.17. The summed E-state index contributed by atoms with van der Waals surface area (Å²) in [6.07, 6.45) is 3.42. The molecule has 1 fully saturated rings. The minimum absolute atomic E-state index is 0.237. The van der Waals surface area contributed by atoms with Gasteiger partial charge in [0.2, 0.25) is 0 Å². The van der Waals surface area contributed by atoms with Crippen molar-refractivity contribution < 1.29 is 17.9 Å². The number of rotatable bonds is 8. The number of thioether (sulfide) groups is 1.